The Kier molecular flexibility index (Phi) is 2.90. The zero-order chi connectivity index (χ0) is 8.15. The summed E-state index contributed by atoms with van der Waals surface area (Å²) in [6, 6.07) is 0. The van der Waals surface area contributed by atoms with E-state index in [9.17, 15) is 9.59 Å². The van der Waals surface area contributed by atoms with Gasteiger partial charge in [-0.15, -0.1) is 0 Å². The van der Waals surface area contributed by atoms with E-state index in [0.29, 0.717) is 0 Å². The second-order valence-electron chi connectivity index (χ2n) is 1.38. The third-order valence-corrected chi connectivity index (χ3v) is 0.724. The van der Waals surface area contributed by atoms with Crippen LogP contribution in [0, 0.1) is 6.58 Å². The summed E-state index contributed by atoms with van der Waals surface area (Å²) >= 11 is 0. The summed E-state index contributed by atoms with van der Waals surface area (Å²) < 4.78 is 0. The first-order valence-electron chi connectivity index (χ1n) is 2.31. The Morgan fingerprint density at radius 1 is 1.20 bits per heavy atom. The van der Waals surface area contributed by atoms with Gasteiger partial charge in [0.05, 0.1) is 0 Å². The summed E-state index contributed by atoms with van der Waals surface area (Å²) in [6.45, 7) is 4.78. The molecule has 1 radical (unpaired) electrons. The molecule has 0 heterocycles. The van der Waals surface area contributed by atoms with Crippen molar-refractivity contribution in [3.8, 4) is 0 Å². The van der Waals surface area contributed by atoms with Crippen LogP contribution in [-0.4, -0.2) is 22.2 Å². The molecule has 4 heteroatoms. The van der Waals surface area contributed by atoms with Crippen LogP contribution in [0.25, 0.3) is 0 Å². The predicted molar refractivity (Wildman–Crippen MR) is 32.2 cm³/mol. The molecule has 0 saturated carbocycles. The normalized spacial score (nSPS) is 8.00. The highest BCUT2D eigenvalue weighted by Gasteiger charge is 2.13. The quantitative estimate of drug-likeness (QED) is 0.252. The van der Waals surface area contributed by atoms with Gasteiger partial charge in [0.1, 0.15) is 5.57 Å². The molecule has 0 amide bonds. The van der Waals surface area contributed by atoms with Crippen molar-refractivity contribution in [1.82, 2.24) is 0 Å². The first kappa shape index (κ1) is 8.42. The largest absolute Gasteiger partial charge is 0.477 e. The van der Waals surface area contributed by atoms with Crippen molar-refractivity contribution < 1.29 is 19.8 Å². The number of hydrogen-bond donors (Lipinski definition) is 2. The van der Waals surface area contributed by atoms with E-state index in [1.165, 1.54) is 0 Å². The number of carboxylic acids is 2. The summed E-state index contributed by atoms with van der Waals surface area (Å²) in [5.41, 5.74) is -0.748. The van der Waals surface area contributed by atoms with Crippen molar-refractivity contribution in [2.24, 2.45) is 0 Å². The number of rotatable bonds is 3. The molecular formula is C6H5O4. The maximum Gasteiger partial charge on any atom is 0.343 e. The maximum absolute atomic E-state index is 10.0. The number of allylic oxidation sites excluding steroid dienone is 2. The molecule has 0 aromatic heterocycles. The fourth-order valence-corrected chi connectivity index (χ4v) is 0.330. The highest BCUT2D eigenvalue weighted by molar-refractivity contribution is 6.12. The number of carbonyl (C=O) groups is 2. The van der Waals surface area contributed by atoms with Crippen LogP contribution in [0.4, 0.5) is 0 Å². The Morgan fingerprint density at radius 2 is 1.60 bits per heavy atom. The average Bonchev–Trinajstić information content (AvgIpc) is 1.81. The molecule has 0 aromatic rings. The van der Waals surface area contributed by atoms with Gasteiger partial charge < -0.3 is 10.2 Å². The summed E-state index contributed by atoms with van der Waals surface area (Å²) in [5.74, 6) is -3.01. The van der Waals surface area contributed by atoms with E-state index >= 15 is 0 Å². The Balaban J connectivity index is 4.58. The highest BCUT2D eigenvalue weighted by atomic mass is 16.4. The summed E-state index contributed by atoms with van der Waals surface area (Å²) in [4.78, 5) is 20.0. The molecule has 10 heavy (non-hydrogen) atoms. The van der Waals surface area contributed by atoms with E-state index in [1.54, 1.807) is 0 Å². The fourth-order valence-electron chi connectivity index (χ4n) is 0.330. The van der Waals surface area contributed by atoms with Crippen LogP contribution in [-0.2, 0) is 9.59 Å². The lowest BCUT2D eigenvalue weighted by Crippen LogP contribution is -2.10. The fraction of sp³-hybridized carbons (Fsp3) is 0. The van der Waals surface area contributed by atoms with E-state index in [-0.39, 0.29) is 0 Å². The van der Waals surface area contributed by atoms with Crippen LogP contribution in [0.3, 0.4) is 0 Å². The van der Waals surface area contributed by atoms with Gasteiger partial charge in [0.25, 0.3) is 0 Å². The summed E-state index contributed by atoms with van der Waals surface area (Å²) in [6.07, 6.45) is 1.67. The van der Waals surface area contributed by atoms with Gasteiger partial charge in [0.2, 0.25) is 0 Å². The zero-order valence-corrected chi connectivity index (χ0v) is 4.94. The van der Waals surface area contributed by atoms with Gasteiger partial charge in [-0.25, -0.2) is 9.59 Å². The molecule has 0 aliphatic carbocycles. The number of aliphatic carboxylic acids is 2. The van der Waals surface area contributed by atoms with Crippen LogP contribution in [0.5, 0.6) is 0 Å². The van der Waals surface area contributed by atoms with Crippen molar-refractivity contribution in [1.29, 1.82) is 0 Å². The minimum absolute atomic E-state index is 0.748. The molecule has 0 aliphatic heterocycles. The zero-order valence-electron chi connectivity index (χ0n) is 4.94. The van der Waals surface area contributed by atoms with Gasteiger partial charge >= 0.3 is 11.9 Å². The minimum atomic E-state index is -1.51. The molecule has 0 fully saturated rings. The van der Waals surface area contributed by atoms with Crippen LogP contribution in [0.2, 0.25) is 0 Å². The lowest BCUT2D eigenvalue weighted by molar-refractivity contribution is -0.140. The van der Waals surface area contributed by atoms with Crippen molar-refractivity contribution in [2.45, 2.75) is 0 Å². The molecule has 0 saturated heterocycles. The standard InChI is InChI=1S/C6H5O4/c1-2-3-4(5(7)8)6(9)10/h1-3H,(H,7,8)(H,9,10). The van der Waals surface area contributed by atoms with Crippen molar-refractivity contribution in [3.05, 3.63) is 24.3 Å². The second kappa shape index (κ2) is 3.45. The highest BCUT2D eigenvalue weighted by Crippen LogP contribution is 1.93. The minimum Gasteiger partial charge on any atom is -0.477 e. The Labute approximate surface area is 57.1 Å². The van der Waals surface area contributed by atoms with Crippen LogP contribution in [0.1, 0.15) is 0 Å². The predicted octanol–water partition coefficient (Wildman–Crippen LogP) is 0.0712. The molecule has 0 spiro atoms. The van der Waals surface area contributed by atoms with Gasteiger partial charge in [-0.2, -0.15) is 0 Å². The van der Waals surface area contributed by atoms with Gasteiger partial charge in [-0.05, 0) is 6.08 Å². The van der Waals surface area contributed by atoms with Gasteiger partial charge in [-0.1, -0.05) is 12.7 Å². The monoisotopic (exact) mass is 141 g/mol. The second-order valence-corrected chi connectivity index (χ2v) is 1.38. The van der Waals surface area contributed by atoms with Gasteiger partial charge in [0, 0.05) is 0 Å². The van der Waals surface area contributed by atoms with E-state index in [2.05, 4.69) is 0 Å². The molecular weight excluding hydrogens is 136 g/mol. The Hall–Kier alpha value is -1.58. The van der Waals surface area contributed by atoms with Gasteiger partial charge in [0.15, 0.2) is 0 Å². The first-order valence-corrected chi connectivity index (χ1v) is 2.31. The molecule has 0 unspecified atom stereocenters. The number of hydrogen-bond acceptors (Lipinski definition) is 2. The first-order chi connectivity index (χ1) is 4.59. The Bertz CT molecular complexity index is 186. The molecule has 0 aromatic carbocycles. The molecule has 0 rings (SSSR count). The molecule has 4 nitrogen and oxygen atoms in total. The lowest BCUT2D eigenvalue weighted by atomic mass is 10.2. The van der Waals surface area contributed by atoms with E-state index in [0.717, 1.165) is 12.2 Å². The molecule has 0 aliphatic rings. The molecule has 0 bridgehead atoms. The summed E-state index contributed by atoms with van der Waals surface area (Å²) in [7, 11) is 0. The molecule has 53 valence electrons. The van der Waals surface area contributed by atoms with Crippen molar-refractivity contribution >= 4 is 11.9 Å². The Morgan fingerprint density at radius 3 is 1.70 bits per heavy atom. The third kappa shape index (κ3) is 2.13. The van der Waals surface area contributed by atoms with Crippen molar-refractivity contribution in [2.75, 3.05) is 0 Å². The summed E-state index contributed by atoms with van der Waals surface area (Å²) in [5, 5.41) is 16.3. The maximum atomic E-state index is 10.0. The topological polar surface area (TPSA) is 74.6 Å². The smallest absolute Gasteiger partial charge is 0.343 e. The van der Waals surface area contributed by atoms with E-state index in [4.69, 9.17) is 16.8 Å². The molecule has 0 atom stereocenters. The average molecular weight is 141 g/mol. The van der Waals surface area contributed by atoms with Crippen LogP contribution in [0.15, 0.2) is 17.7 Å². The van der Waals surface area contributed by atoms with Crippen molar-refractivity contribution in [3.63, 3.8) is 0 Å². The third-order valence-electron chi connectivity index (χ3n) is 0.724. The van der Waals surface area contributed by atoms with E-state index < -0.39 is 17.5 Å². The SMILES string of the molecule is [CH]=CC=C(C(=O)O)C(=O)O. The van der Waals surface area contributed by atoms with Crippen LogP contribution < -0.4 is 0 Å². The molecule has 2 N–H and O–H groups in total. The van der Waals surface area contributed by atoms with Crippen LogP contribution >= 0.6 is 0 Å². The lowest BCUT2D eigenvalue weighted by Gasteiger charge is -1.89. The van der Waals surface area contributed by atoms with Gasteiger partial charge in [-0.3, -0.25) is 0 Å². The van der Waals surface area contributed by atoms with E-state index in [1.807, 2.05) is 0 Å². The number of carboxylic acid groups (broad SMARTS) is 2.